The highest BCUT2D eigenvalue weighted by Gasteiger charge is 2.47. The number of imide groups is 1. The molecule has 0 bridgehead atoms. The number of halogens is 8. The van der Waals surface area contributed by atoms with Crippen molar-refractivity contribution in [3.05, 3.63) is 144 Å². The maximum absolute atomic E-state index is 14.3. The van der Waals surface area contributed by atoms with E-state index in [1.807, 2.05) is 76.2 Å². The van der Waals surface area contributed by atoms with Crippen molar-refractivity contribution in [2.24, 2.45) is 15.8 Å². The van der Waals surface area contributed by atoms with E-state index in [4.69, 9.17) is 0 Å². The molecule has 7 rings (SSSR count). The maximum Gasteiger partial charge on any atom is 0.573 e. The van der Waals surface area contributed by atoms with Crippen LogP contribution < -0.4 is 9.47 Å². The molecular formula is C46H40F8N2O4. The van der Waals surface area contributed by atoms with Gasteiger partial charge in [-0.05, 0) is 82.6 Å². The summed E-state index contributed by atoms with van der Waals surface area (Å²) in [5.41, 5.74) is 4.02. The van der Waals surface area contributed by atoms with E-state index in [0.717, 1.165) is 33.4 Å². The molecule has 0 radical (unpaired) electrons. The SMILES string of the molecule is CC(=O)N1C(=O)C(C)(C)CC1c1ccc(-c2ccc(OC(F)(F)F)cc2)cc1.CC1(C)CC(c2ccc(-c3ccc(OC(F)(F)F)cc3)cc2)N=C1c1c(F)cccc1F. The Labute approximate surface area is 341 Å². The second-order valence-electron chi connectivity index (χ2n) is 15.9. The van der Waals surface area contributed by atoms with Crippen molar-refractivity contribution in [3.8, 4) is 33.8 Å². The first kappa shape index (κ1) is 43.5. The van der Waals surface area contributed by atoms with Gasteiger partial charge in [-0.2, -0.15) is 0 Å². The number of carbonyl (C=O) groups excluding carboxylic acids is 2. The largest absolute Gasteiger partial charge is 0.573 e. The van der Waals surface area contributed by atoms with Crippen molar-refractivity contribution < 1.29 is 54.2 Å². The molecule has 14 heteroatoms. The van der Waals surface area contributed by atoms with Crippen LogP contribution in [0.15, 0.2) is 120 Å². The first-order valence-electron chi connectivity index (χ1n) is 18.8. The summed E-state index contributed by atoms with van der Waals surface area (Å²) in [7, 11) is 0. The van der Waals surface area contributed by atoms with Crippen LogP contribution in [0.25, 0.3) is 22.3 Å². The van der Waals surface area contributed by atoms with E-state index in [-0.39, 0.29) is 41.0 Å². The van der Waals surface area contributed by atoms with Crippen molar-refractivity contribution in [2.45, 2.75) is 72.3 Å². The molecule has 0 saturated carbocycles. The van der Waals surface area contributed by atoms with E-state index in [0.29, 0.717) is 18.6 Å². The normalized spacial score (nSPS) is 18.4. The molecule has 2 heterocycles. The fourth-order valence-electron chi connectivity index (χ4n) is 7.53. The van der Waals surface area contributed by atoms with E-state index in [1.165, 1.54) is 54.3 Å². The molecule has 0 spiro atoms. The van der Waals surface area contributed by atoms with Crippen molar-refractivity contribution in [1.82, 2.24) is 4.90 Å². The Morgan fingerprint density at radius 3 is 1.42 bits per heavy atom. The molecule has 0 aromatic heterocycles. The van der Waals surface area contributed by atoms with E-state index in [1.54, 1.807) is 24.3 Å². The van der Waals surface area contributed by atoms with Gasteiger partial charge in [-0.15, -0.1) is 26.3 Å². The van der Waals surface area contributed by atoms with Gasteiger partial charge in [0.15, 0.2) is 0 Å². The number of nitrogens with zero attached hydrogens (tertiary/aromatic N) is 2. The monoisotopic (exact) mass is 836 g/mol. The third-order valence-corrected chi connectivity index (χ3v) is 10.4. The summed E-state index contributed by atoms with van der Waals surface area (Å²) in [6, 6.07) is 29.2. The molecule has 314 valence electrons. The molecule has 2 aliphatic heterocycles. The van der Waals surface area contributed by atoms with Gasteiger partial charge in [0.2, 0.25) is 11.8 Å². The fraction of sp³-hybridized carbons (Fsp3) is 0.283. The van der Waals surface area contributed by atoms with Crippen molar-refractivity contribution in [2.75, 3.05) is 0 Å². The van der Waals surface area contributed by atoms with Crippen LogP contribution in [-0.4, -0.2) is 35.2 Å². The topological polar surface area (TPSA) is 68.2 Å². The van der Waals surface area contributed by atoms with Gasteiger partial charge < -0.3 is 9.47 Å². The predicted octanol–water partition coefficient (Wildman–Crippen LogP) is 12.6. The Morgan fingerprint density at radius 1 is 0.617 bits per heavy atom. The lowest BCUT2D eigenvalue weighted by molar-refractivity contribution is -0.275. The number of hydrogen-bond donors (Lipinski definition) is 0. The zero-order valence-corrected chi connectivity index (χ0v) is 33.1. The standard InChI is InChI=1S/C25H20F5NO.C21H20F3NO3/c1-24(2)14-21(31-23(24)22-19(26)4-3-5-20(22)27)17-8-6-15(7-9-17)16-10-12-18(13-11-16)32-25(28,29)30;1-13(26)25-18(12-20(2,3)19(25)27)16-6-4-14(5-7-16)15-8-10-17(11-9-15)28-21(22,23)24/h3-13,21H,14H2,1-2H3;4-11,18H,12H2,1-3H3. The lowest BCUT2D eigenvalue weighted by atomic mass is 9.80. The third kappa shape index (κ3) is 10.0. The highest BCUT2D eigenvalue weighted by Crippen LogP contribution is 2.45. The molecule has 2 unspecified atom stereocenters. The Bertz CT molecular complexity index is 2350. The van der Waals surface area contributed by atoms with Crippen molar-refractivity contribution in [3.63, 3.8) is 0 Å². The molecule has 1 saturated heterocycles. The van der Waals surface area contributed by atoms with Gasteiger partial charge in [0.05, 0.1) is 23.4 Å². The maximum atomic E-state index is 14.3. The summed E-state index contributed by atoms with van der Waals surface area (Å²) in [5.74, 6) is -2.30. The second kappa shape index (κ2) is 16.5. The molecule has 2 amide bonds. The molecule has 6 nitrogen and oxygen atoms in total. The molecule has 2 aliphatic rings. The van der Waals surface area contributed by atoms with Crippen LogP contribution in [0.1, 0.15) is 76.2 Å². The number of rotatable bonds is 7. The number of hydrogen-bond acceptors (Lipinski definition) is 5. The van der Waals surface area contributed by atoms with E-state index < -0.39 is 35.2 Å². The van der Waals surface area contributed by atoms with E-state index in [2.05, 4.69) is 14.5 Å². The second-order valence-corrected chi connectivity index (χ2v) is 15.9. The Balaban J connectivity index is 0.000000203. The minimum absolute atomic E-state index is 0.0854. The van der Waals surface area contributed by atoms with Crippen LogP contribution in [0.3, 0.4) is 0 Å². The van der Waals surface area contributed by atoms with E-state index in [9.17, 15) is 44.7 Å². The Morgan fingerprint density at radius 2 is 1.02 bits per heavy atom. The quantitative estimate of drug-likeness (QED) is 0.153. The fourth-order valence-corrected chi connectivity index (χ4v) is 7.53. The van der Waals surface area contributed by atoms with Crippen LogP contribution in [0, 0.1) is 22.5 Å². The third-order valence-electron chi connectivity index (χ3n) is 10.4. The number of aliphatic imine (C=N–C) groups is 1. The molecule has 5 aromatic carbocycles. The number of amides is 2. The first-order chi connectivity index (χ1) is 28.0. The predicted molar refractivity (Wildman–Crippen MR) is 210 cm³/mol. The average Bonchev–Trinajstić information content (AvgIpc) is 3.61. The number of likely N-dealkylation sites (tertiary alicyclic amines) is 1. The summed E-state index contributed by atoms with van der Waals surface area (Å²) in [4.78, 5) is 30.4. The van der Waals surface area contributed by atoms with Gasteiger partial charge in [-0.3, -0.25) is 19.5 Å². The highest BCUT2D eigenvalue weighted by molar-refractivity contribution is 6.06. The lowest BCUT2D eigenvalue weighted by Crippen LogP contribution is -2.35. The minimum Gasteiger partial charge on any atom is -0.406 e. The van der Waals surface area contributed by atoms with Crippen LogP contribution in [-0.2, 0) is 9.59 Å². The number of carbonyl (C=O) groups is 2. The summed E-state index contributed by atoms with van der Waals surface area (Å²) < 4.78 is 110. The average molecular weight is 837 g/mol. The van der Waals surface area contributed by atoms with Gasteiger partial charge >= 0.3 is 12.7 Å². The summed E-state index contributed by atoms with van der Waals surface area (Å²) in [6.45, 7) is 8.85. The van der Waals surface area contributed by atoms with Gasteiger partial charge in [0, 0.05) is 17.8 Å². The van der Waals surface area contributed by atoms with Crippen LogP contribution in [0.2, 0.25) is 0 Å². The van der Waals surface area contributed by atoms with Gasteiger partial charge in [0.1, 0.15) is 23.1 Å². The van der Waals surface area contributed by atoms with Crippen LogP contribution in [0.4, 0.5) is 35.1 Å². The number of alkyl halides is 6. The molecular weight excluding hydrogens is 797 g/mol. The minimum atomic E-state index is -4.73. The molecule has 0 aliphatic carbocycles. The Hall–Kier alpha value is -6.05. The molecule has 5 aromatic rings. The zero-order chi connectivity index (χ0) is 43.8. The molecule has 2 atom stereocenters. The van der Waals surface area contributed by atoms with E-state index >= 15 is 0 Å². The van der Waals surface area contributed by atoms with Crippen molar-refractivity contribution >= 4 is 17.5 Å². The highest BCUT2D eigenvalue weighted by atomic mass is 19.4. The zero-order valence-electron chi connectivity index (χ0n) is 33.1. The molecule has 60 heavy (non-hydrogen) atoms. The number of benzene rings is 5. The van der Waals surface area contributed by atoms with Gasteiger partial charge in [0.25, 0.3) is 0 Å². The molecule has 1 fully saturated rings. The summed E-state index contributed by atoms with van der Waals surface area (Å²) in [6.07, 6.45) is -8.32. The number of ether oxygens (including phenoxy) is 2. The summed E-state index contributed by atoms with van der Waals surface area (Å²) >= 11 is 0. The van der Waals surface area contributed by atoms with Crippen molar-refractivity contribution in [1.29, 1.82) is 0 Å². The lowest BCUT2D eigenvalue weighted by Gasteiger charge is -2.22. The van der Waals surface area contributed by atoms with Gasteiger partial charge in [-0.25, -0.2) is 8.78 Å². The smallest absolute Gasteiger partial charge is 0.406 e. The molecule has 0 N–H and O–H groups in total. The summed E-state index contributed by atoms with van der Waals surface area (Å²) in [5, 5.41) is 0. The first-order valence-corrected chi connectivity index (χ1v) is 18.8. The van der Waals surface area contributed by atoms with Crippen LogP contribution >= 0.6 is 0 Å². The van der Waals surface area contributed by atoms with Gasteiger partial charge in [-0.1, -0.05) is 107 Å². The van der Waals surface area contributed by atoms with Crippen LogP contribution in [0.5, 0.6) is 11.5 Å². The Kier molecular flexibility index (Phi) is 12.0.